The third kappa shape index (κ3) is 4.48. The van der Waals surface area contributed by atoms with Crippen molar-refractivity contribution in [3.63, 3.8) is 0 Å². The van der Waals surface area contributed by atoms with Crippen molar-refractivity contribution < 1.29 is 39.9 Å². The molecule has 0 radical (unpaired) electrons. The van der Waals surface area contributed by atoms with Gasteiger partial charge in [-0.1, -0.05) is 13.8 Å². The average molecular weight is 315 g/mol. The van der Waals surface area contributed by atoms with Crippen LogP contribution in [-0.2, 0) is 4.79 Å². The number of nitrogens with zero attached hydrogens (tertiary/aromatic N) is 1. The van der Waals surface area contributed by atoms with Gasteiger partial charge in [0.25, 0.3) is 0 Å². The van der Waals surface area contributed by atoms with Gasteiger partial charge in [-0.2, -0.15) is 35.1 Å². The molecule has 0 aliphatic rings. The van der Waals surface area contributed by atoms with Crippen LogP contribution >= 0.6 is 0 Å². The fraction of sp³-hybridized carbons (Fsp3) is 0.900. The molecule has 2 nitrogen and oxygen atoms in total. The summed E-state index contributed by atoms with van der Waals surface area (Å²) in [5, 5.41) is 0. The molecular weight excluding hydrogens is 302 g/mol. The first-order chi connectivity index (χ1) is 8.78. The molecule has 120 valence electrons. The van der Waals surface area contributed by atoms with E-state index in [-0.39, 0.29) is 12.8 Å². The van der Waals surface area contributed by atoms with E-state index >= 15 is 0 Å². The molecule has 0 fully saturated rings. The van der Waals surface area contributed by atoms with Gasteiger partial charge in [0.15, 0.2) is 0 Å². The topological polar surface area (TPSA) is 20.3 Å². The van der Waals surface area contributed by atoms with Gasteiger partial charge in [-0.3, -0.25) is 4.79 Å². The molecule has 0 unspecified atom stereocenters. The molecule has 10 heteroatoms. The van der Waals surface area contributed by atoms with Crippen LogP contribution in [0.4, 0.5) is 35.1 Å². The van der Waals surface area contributed by atoms with Crippen molar-refractivity contribution in [1.82, 2.24) is 4.90 Å². The highest BCUT2D eigenvalue weighted by molar-refractivity contribution is 5.84. The highest BCUT2D eigenvalue weighted by atomic mass is 19.4. The minimum absolute atomic E-state index is 0.174. The molecule has 1 amide bonds. The van der Waals surface area contributed by atoms with Crippen LogP contribution in [0, 0.1) is 0 Å². The number of carbonyl (C=O) groups is 1. The standard InChI is InChI=1S/C10H13F8NO/c1-3-6(4-2)19(5-8(11,12)13)7(20)9(14,15)10(16,17)18/h6H,3-5H2,1-2H3. The maximum absolute atomic E-state index is 12.9. The minimum atomic E-state index is -6.24. The maximum atomic E-state index is 12.9. The summed E-state index contributed by atoms with van der Waals surface area (Å²) >= 11 is 0. The van der Waals surface area contributed by atoms with Gasteiger partial charge in [-0.25, -0.2) is 0 Å². The highest BCUT2D eigenvalue weighted by Gasteiger charge is 2.65. The molecule has 0 spiro atoms. The van der Waals surface area contributed by atoms with Gasteiger partial charge >= 0.3 is 24.2 Å². The van der Waals surface area contributed by atoms with E-state index in [1.165, 1.54) is 13.8 Å². The summed E-state index contributed by atoms with van der Waals surface area (Å²) in [6.45, 7) is 0.428. The van der Waals surface area contributed by atoms with Crippen LogP contribution in [0.1, 0.15) is 26.7 Å². The fourth-order valence-electron chi connectivity index (χ4n) is 1.59. The molecule has 0 bridgehead atoms. The van der Waals surface area contributed by atoms with E-state index in [0.29, 0.717) is 0 Å². The zero-order valence-corrected chi connectivity index (χ0v) is 10.6. The molecule has 0 aromatic heterocycles. The number of hydrogen-bond acceptors (Lipinski definition) is 1. The Kier molecular flexibility index (Phi) is 5.79. The van der Waals surface area contributed by atoms with Crippen molar-refractivity contribution in [2.75, 3.05) is 6.54 Å². The van der Waals surface area contributed by atoms with Crippen LogP contribution in [0.25, 0.3) is 0 Å². The molecule has 0 aliphatic heterocycles. The molecule has 0 heterocycles. The second-order valence-electron chi connectivity index (χ2n) is 4.09. The first kappa shape index (κ1) is 18.9. The molecule has 0 rings (SSSR count). The minimum Gasteiger partial charge on any atom is -0.325 e. The summed E-state index contributed by atoms with van der Waals surface area (Å²) in [5.41, 5.74) is 0. The SMILES string of the molecule is CCC(CC)N(CC(F)(F)F)C(=O)C(F)(F)C(F)(F)F. The van der Waals surface area contributed by atoms with Crippen LogP contribution in [0.2, 0.25) is 0 Å². The molecule has 0 aromatic rings. The number of alkyl halides is 8. The van der Waals surface area contributed by atoms with Gasteiger partial charge in [0, 0.05) is 6.04 Å². The van der Waals surface area contributed by atoms with Crippen LogP contribution in [-0.4, -0.2) is 41.7 Å². The van der Waals surface area contributed by atoms with Crippen LogP contribution < -0.4 is 0 Å². The zero-order valence-electron chi connectivity index (χ0n) is 10.6. The normalized spacial score (nSPS) is 13.8. The Balaban J connectivity index is 5.48. The number of carbonyl (C=O) groups excluding carboxylic acids is 1. The molecule has 0 saturated heterocycles. The van der Waals surface area contributed by atoms with Crippen molar-refractivity contribution in [3.05, 3.63) is 0 Å². The average Bonchev–Trinajstić information content (AvgIpc) is 2.25. The zero-order chi connectivity index (χ0) is 16.4. The van der Waals surface area contributed by atoms with Crippen molar-refractivity contribution in [3.8, 4) is 0 Å². The molecule has 0 aromatic carbocycles. The highest BCUT2D eigenvalue weighted by Crippen LogP contribution is 2.38. The Morgan fingerprint density at radius 3 is 1.60 bits per heavy atom. The van der Waals surface area contributed by atoms with Crippen LogP contribution in [0.15, 0.2) is 0 Å². The lowest BCUT2D eigenvalue weighted by Crippen LogP contribution is -2.56. The summed E-state index contributed by atoms with van der Waals surface area (Å²) in [7, 11) is 0. The van der Waals surface area contributed by atoms with E-state index in [0.717, 1.165) is 0 Å². The summed E-state index contributed by atoms with van der Waals surface area (Å²) in [6, 6.07) is -1.35. The molecule has 0 aliphatic carbocycles. The number of halogens is 8. The van der Waals surface area contributed by atoms with Gasteiger partial charge in [0.1, 0.15) is 6.54 Å². The van der Waals surface area contributed by atoms with Gasteiger partial charge in [0.05, 0.1) is 0 Å². The predicted octanol–water partition coefficient (Wildman–Crippen LogP) is 3.76. The molecule has 0 atom stereocenters. The Morgan fingerprint density at radius 1 is 0.950 bits per heavy atom. The summed E-state index contributed by atoms with van der Waals surface area (Å²) in [4.78, 5) is 10.8. The second-order valence-corrected chi connectivity index (χ2v) is 4.09. The molecule has 0 saturated carbocycles. The maximum Gasteiger partial charge on any atom is 0.463 e. The Labute approximate surface area is 109 Å². The van der Waals surface area contributed by atoms with Gasteiger partial charge in [-0.15, -0.1) is 0 Å². The lowest BCUT2D eigenvalue weighted by atomic mass is 10.1. The van der Waals surface area contributed by atoms with Crippen molar-refractivity contribution in [2.24, 2.45) is 0 Å². The quantitative estimate of drug-likeness (QED) is 0.707. The van der Waals surface area contributed by atoms with Crippen LogP contribution in [0.3, 0.4) is 0 Å². The largest absolute Gasteiger partial charge is 0.463 e. The second kappa shape index (κ2) is 6.13. The van der Waals surface area contributed by atoms with E-state index in [9.17, 15) is 39.9 Å². The monoisotopic (exact) mass is 315 g/mol. The summed E-state index contributed by atoms with van der Waals surface area (Å²) in [5.74, 6) is -8.73. The summed E-state index contributed by atoms with van der Waals surface area (Å²) in [6.07, 6.45) is -11.7. The number of rotatable bonds is 5. The lowest BCUT2D eigenvalue weighted by molar-refractivity contribution is -0.277. The molecule has 20 heavy (non-hydrogen) atoms. The van der Waals surface area contributed by atoms with E-state index in [2.05, 4.69) is 0 Å². The first-order valence-corrected chi connectivity index (χ1v) is 5.60. The number of amides is 1. The van der Waals surface area contributed by atoms with E-state index in [1.54, 1.807) is 0 Å². The van der Waals surface area contributed by atoms with E-state index < -0.39 is 41.7 Å². The van der Waals surface area contributed by atoms with E-state index in [4.69, 9.17) is 0 Å². The van der Waals surface area contributed by atoms with Gasteiger partial charge in [0.2, 0.25) is 0 Å². The van der Waals surface area contributed by atoms with Crippen molar-refractivity contribution in [1.29, 1.82) is 0 Å². The third-order valence-electron chi connectivity index (χ3n) is 2.62. The molecule has 0 N–H and O–H groups in total. The third-order valence-corrected chi connectivity index (χ3v) is 2.62. The molecular formula is C10H13F8NO. The Bertz CT molecular complexity index is 331. The Morgan fingerprint density at radius 2 is 1.35 bits per heavy atom. The summed E-state index contributed by atoms with van der Waals surface area (Å²) < 4.78 is 98.8. The van der Waals surface area contributed by atoms with Gasteiger partial charge in [-0.05, 0) is 12.8 Å². The van der Waals surface area contributed by atoms with Crippen LogP contribution in [0.5, 0.6) is 0 Å². The lowest BCUT2D eigenvalue weighted by Gasteiger charge is -2.34. The number of hydrogen-bond donors (Lipinski definition) is 0. The van der Waals surface area contributed by atoms with Crippen molar-refractivity contribution in [2.45, 2.75) is 51.0 Å². The van der Waals surface area contributed by atoms with Gasteiger partial charge < -0.3 is 4.90 Å². The first-order valence-electron chi connectivity index (χ1n) is 5.60. The van der Waals surface area contributed by atoms with E-state index in [1.807, 2.05) is 0 Å². The fourth-order valence-corrected chi connectivity index (χ4v) is 1.59. The van der Waals surface area contributed by atoms with Crippen molar-refractivity contribution >= 4 is 5.91 Å². The smallest absolute Gasteiger partial charge is 0.325 e. The Hall–Kier alpha value is -1.09. The predicted molar refractivity (Wildman–Crippen MR) is 53.1 cm³/mol.